The topological polar surface area (TPSA) is 101 Å². The van der Waals surface area contributed by atoms with Crippen molar-refractivity contribution < 1.29 is 14.3 Å². The van der Waals surface area contributed by atoms with Crippen LogP contribution < -0.4 is 10.5 Å². The number of amidine groups is 1. The van der Waals surface area contributed by atoms with Crippen LogP contribution in [0.4, 0.5) is 0 Å². The quantitative estimate of drug-likeness (QED) is 0.650. The minimum atomic E-state index is -0.696. The number of allylic oxidation sites excluding steroid dienone is 1. The average Bonchev–Trinajstić information content (AvgIpc) is 3.13. The smallest absolute Gasteiger partial charge is 0.338 e. The maximum Gasteiger partial charge on any atom is 0.338 e. The van der Waals surface area contributed by atoms with Gasteiger partial charge in [0.1, 0.15) is 22.5 Å². The third-order valence-corrected chi connectivity index (χ3v) is 6.29. The Morgan fingerprint density at radius 1 is 1.31 bits per heavy atom. The highest BCUT2D eigenvalue weighted by Gasteiger charge is 2.43. The zero-order valence-corrected chi connectivity index (χ0v) is 18.9. The third kappa shape index (κ3) is 3.70. The summed E-state index contributed by atoms with van der Waals surface area (Å²) in [6.07, 6.45) is 0. The van der Waals surface area contributed by atoms with E-state index in [-0.39, 0.29) is 12.4 Å². The number of esters is 1. The van der Waals surface area contributed by atoms with Crippen LogP contribution in [-0.2, 0) is 9.53 Å². The van der Waals surface area contributed by atoms with Crippen molar-refractivity contribution in [1.82, 2.24) is 4.90 Å². The molecule has 7 nitrogen and oxygen atoms in total. The van der Waals surface area contributed by atoms with Gasteiger partial charge in [-0.25, -0.2) is 9.79 Å². The fraction of sp³-hybridized carbons (Fsp3) is 0.174. The lowest BCUT2D eigenvalue weighted by atomic mass is 9.92. The summed E-state index contributed by atoms with van der Waals surface area (Å²) in [7, 11) is 1.53. The highest BCUT2D eigenvalue weighted by molar-refractivity contribution is 8.17. The zero-order valence-electron chi connectivity index (χ0n) is 17.3. The molecule has 0 bridgehead atoms. The monoisotopic (exact) mass is 466 g/mol. The highest BCUT2D eigenvalue weighted by Crippen LogP contribution is 2.48. The molecule has 0 aliphatic carbocycles. The van der Waals surface area contributed by atoms with Gasteiger partial charge >= 0.3 is 5.97 Å². The Bertz CT molecular complexity index is 1220. The molecule has 2 N–H and O–H groups in total. The van der Waals surface area contributed by atoms with E-state index in [1.807, 2.05) is 36.4 Å². The van der Waals surface area contributed by atoms with Gasteiger partial charge in [-0.15, -0.1) is 0 Å². The van der Waals surface area contributed by atoms with Crippen LogP contribution in [0.3, 0.4) is 0 Å². The van der Waals surface area contributed by atoms with Gasteiger partial charge < -0.3 is 15.2 Å². The first-order valence-corrected chi connectivity index (χ1v) is 10.9. The number of aliphatic imine (C=N–C) groups is 1. The predicted molar refractivity (Wildman–Crippen MR) is 124 cm³/mol. The molecule has 32 heavy (non-hydrogen) atoms. The molecule has 2 aliphatic rings. The van der Waals surface area contributed by atoms with Gasteiger partial charge in [-0.2, -0.15) is 5.26 Å². The predicted octanol–water partition coefficient (Wildman–Crippen LogP) is 4.43. The molecule has 162 valence electrons. The molecule has 2 aromatic carbocycles. The summed E-state index contributed by atoms with van der Waals surface area (Å²) < 4.78 is 10.7. The van der Waals surface area contributed by atoms with Crippen LogP contribution in [0, 0.1) is 11.3 Å². The van der Waals surface area contributed by atoms with E-state index in [9.17, 15) is 10.1 Å². The SMILES string of the molecule is CCOC(=O)C1=C(c2ccccc2)N=C2SC(C#N)=C(N)N2[C@@H]1c1ccc(OC)c(Cl)c1. The molecular formula is C23H19ClN4O3S. The number of fused-ring (bicyclic) bond motifs is 1. The number of hydrogen-bond donors (Lipinski definition) is 1. The van der Waals surface area contributed by atoms with Crippen LogP contribution in [0.1, 0.15) is 24.1 Å². The van der Waals surface area contributed by atoms with Crippen molar-refractivity contribution in [3.63, 3.8) is 0 Å². The molecule has 0 unspecified atom stereocenters. The van der Waals surface area contributed by atoms with Crippen molar-refractivity contribution in [1.29, 1.82) is 5.26 Å². The molecule has 1 atom stereocenters. The molecular weight excluding hydrogens is 448 g/mol. The summed E-state index contributed by atoms with van der Waals surface area (Å²) in [5.41, 5.74) is 8.54. The average molecular weight is 467 g/mol. The van der Waals surface area contributed by atoms with Crippen LogP contribution in [0.5, 0.6) is 5.75 Å². The number of methoxy groups -OCH3 is 1. The van der Waals surface area contributed by atoms with E-state index < -0.39 is 12.0 Å². The number of halogens is 1. The van der Waals surface area contributed by atoms with Crippen LogP contribution in [0.15, 0.2) is 69.8 Å². The lowest BCUT2D eigenvalue weighted by Crippen LogP contribution is -2.38. The van der Waals surface area contributed by atoms with Crippen LogP contribution in [-0.4, -0.2) is 29.8 Å². The molecule has 0 saturated heterocycles. The molecule has 4 rings (SSSR count). The largest absolute Gasteiger partial charge is 0.495 e. The Morgan fingerprint density at radius 3 is 2.69 bits per heavy atom. The van der Waals surface area contributed by atoms with Gasteiger partial charge in [0, 0.05) is 5.56 Å². The number of thioether (sulfide) groups is 1. The normalized spacial score (nSPS) is 17.6. The fourth-order valence-electron chi connectivity index (χ4n) is 3.63. The Labute approximate surface area is 194 Å². The number of carbonyl (C=O) groups excluding carboxylic acids is 1. The highest BCUT2D eigenvalue weighted by atomic mass is 35.5. The summed E-state index contributed by atoms with van der Waals surface area (Å²) >= 11 is 7.58. The Balaban J connectivity index is 2.00. The van der Waals surface area contributed by atoms with E-state index in [0.717, 1.165) is 17.3 Å². The van der Waals surface area contributed by atoms with Crippen LogP contribution >= 0.6 is 23.4 Å². The van der Waals surface area contributed by atoms with Crippen molar-refractivity contribution in [3.05, 3.63) is 81.0 Å². The van der Waals surface area contributed by atoms with Crippen molar-refractivity contribution in [3.8, 4) is 11.8 Å². The molecule has 0 spiro atoms. The number of nitriles is 1. The van der Waals surface area contributed by atoms with E-state index in [1.165, 1.54) is 7.11 Å². The van der Waals surface area contributed by atoms with Gasteiger partial charge in [0.2, 0.25) is 0 Å². The molecule has 2 aromatic rings. The molecule has 2 heterocycles. The summed E-state index contributed by atoms with van der Waals surface area (Å²) in [5, 5.41) is 10.4. The van der Waals surface area contributed by atoms with Crippen molar-refractivity contribution in [2.24, 2.45) is 10.7 Å². The molecule has 0 radical (unpaired) electrons. The van der Waals surface area contributed by atoms with E-state index in [1.54, 1.807) is 24.0 Å². The molecule has 0 aromatic heterocycles. The molecule has 0 fully saturated rings. The molecule has 0 amide bonds. The van der Waals surface area contributed by atoms with Gasteiger partial charge in [0.25, 0.3) is 0 Å². The first-order valence-electron chi connectivity index (χ1n) is 9.75. The minimum Gasteiger partial charge on any atom is -0.495 e. The molecule has 0 saturated carbocycles. The van der Waals surface area contributed by atoms with E-state index in [0.29, 0.717) is 37.7 Å². The maximum absolute atomic E-state index is 13.3. The van der Waals surface area contributed by atoms with Crippen molar-refractivity contribution >= 4 is 40.2 Å². The second kappa shape index (κ2) is 8.99. The lowest BCUT2D eigenvalue weighted by molar-refractivity contribution is -0.139. The number of hydrogen-bond acceptors (Lipinski definition) is 8. The van der Waals surface area contributed by atoms with Gasteiger partial charge in [0.05, 0.1) is 36.1 Å². The van der Waals surface area contributed by atoms with Crippen molar-refractivity contribution in [2.45, 2.75) is 13.0 Å². The lowest BCUT2D eigenvalue weighted by Gasteiger charge is -2.35. The molecule has 2 aliphatic heterocycles. The van der Waals surface area contributed by atoms with E-state index >= 15 is 0 Å². The van der Waals surface area contributed by atoms with Gasteiger partial charge in [-0.1, -0.05) is 48.0 Å². The third-order valence-electron chi connectivity index (χ3n) is 5.02. The van der Waals surface area contributed by atoms with Gasteiger partial charge in [-0.3, -0.25) is 4.90 Å². The summed E-state index contributed by atoms with van der Waals surface area (Å²) in [6.45, 7) is 1.94. The van der Waals surface area contributed by atoms with E-state index in [2.05, 4.69) is 6.07 Å². The van der Waals surface area contributed by atoms with Gasteiger partial charge in [-0.05, 0) is 36.4 Å². The van der Waals surface area contributed by atoms with Gasteiger partial charge in [0.15, 0.2) is 5.17 Å². The fourth-order valence-corrected chi connectivity index (χ4v) is 4.76. The van der Waals surface area contributed by atoms with Crippen LogP contribution in [0.2, 0.25) is 5.02 Å². The summed E-state index contributed by atoms with van der Waals surface area (Å²) in [5.74, 6) is 0.207. The Hall–Kier alpha value is -3.41. The molecule has 9 heteroatoms. The summed E-state index contributed by atoms with van der Waals surface area (Å²) in [6, 6.07) is 16.0. The summed E-state index contributed by atoms with van der Waals surface area (Å²) in [4.78, 5) is 20.0. The Kier molecular flexibility index (Phi) is 6.12. The number of rotatable bonds is 5. The van der Waals surface area contributed by atoms with Crippen LogP contribution in [0.25, 0.3) is 5.70 Å². The van der Waals surface area contributed by atoms with Crippen molar-refractivity contribution in [2.75, 3.05) is 13.7 Å². The Morgan fingerprint density at radius 2 is 2.06 bits per heavy atom. The second-order valence-electron chi connectivity index (χ2n) is 6.84. The zero-order chi connectivity index (χ0) is 22.8. The number of nitrogens with two attached hydrogens (primary N) is 1. The maximum atomic E-state index is 13.3. The number of carbonyl (C=O) groups is 1. The second-order valence-corrected chi connectivity index (χ2v) is 8.22. The minimum absolute atomic E-state index is 0.195. The first-order chi connectivity index (χ1) is 15.5. The standard InChI is InChI=1S/C23H19ClN4O3S/c1-3-31-22(29)18-19(13-7-5-4-6-8-13)27-23-28(21(26)17(12-25)32-23)20(18)14-9-10-16(30-2)15(24)11-14/h4-11,20H,3,26H2,1-2H3/t20-/m1/s1. The number of benzene rings is 2. The van der Waals surface area contributed by atoms with E-state index in [4.69, 9.17) is 31.8 Å². The number of ether oxygens (including phenoxy) is 2. The first kappa shape index (κ1) is 21.8. The number of nitrogens with zero attached hydrogens (tertiary/aromatic N) is 3.